The van der Waals surface area contributed by atoms with Gasteiger partial charge in [-0.2, -0.15) is 9.37 Å². The average molecular weight is 509 g/mol. The van der Waals surface area contributed by atoms with Gasteiger partial charge in [-0.3, -0.25) is 9.30 Å². The molecule has 1 aliphatic heterocycles. The molecule has 0 bridgehead atoms. The van der Waals surface area contributed by atoms with Gasteiger partial charge in [0.1, 0.15) is 22.9 Å². The minimum atomic E-state index is -3.86. The average Bonchev–Trinajstić information content (AvgIpc) is 3.19. The molecule has 35 heavy (non-hydrogen) atoms. The minimum Gasteiger partial charge on any atom is -0.491 e. The molecule has 0 atom stereocenters. The summed E-state index contributed by atoms with van der Waals surface area (Å²) in [5.74, 6) is -2.27. The third-order valence-electron chi connectivity index (χ3n) is 6.16. The molecule has 2 N–H and O–H groups in total. The maximum atomic E-state index is 14.5. The van der Waals surface area contributed by atoms with Crippen LogP contribution in [0.1, 0.15) is 20.8 Å². The molecule has 1 aliphatic rings. The number of rotatable bonds is 6. The Hall–Kier alpha value is -2.83. The fourth-order valence-corrected chi connectivity index (χ4v) is 5.13. The van der Waals surface area contributed by atoms with E-state index in [1.807, 2.05) is 0 Å². The van der Waals surface area contributed by atoms with Crippen molar-refractivity contribution in [2.75, 3.05) is 52.1 Å². The molecule has 4 rings (SSSR count). The van der Waals surface area contributed by atoms with Gasteiger partial charge in [0, 0.05) is 45.0 Å². The van der Waals surface area contributed by atoms with Crippen LogP contribution in [0, 0.1) is 11.8 Å². The van der Waals surface area contributed by atoms with Crippen LogP contribution in [0.3, 0.4) is 0 Å². The number of nitrogens with zero attached hydrogens (tertiary/aromatic N) is 5. The fraction of sp³-hybridized carbons (Fsp3) is 0.478. The molecule has 1 saturated heterocycles. The molecule has 0 saturated carbocycles. The van der Waals surface area contributed by atoms with Crippen molar-refractivity contribution in [3.8, 4) is 17.0 Å². The van der Waals surface area contributed by atoms with Crippen LogP contribution in [-0.4, -0.2) is 83.7 Å². The van der Waals surface area contributed by atoms with E-state index >= 15 is 0 Å². The molecule has 0 unspecified atom stereocenters. The molecule has 4 heterocycles. The zero-order valence-corrected chi connectivity index (χ0v) is 21.1. The van der Waals surface area contributed by atoms with Crippen molar-refractivity contribution in [3.05, 3.63) is 36.3 Å². The van der Waals surface area contributed by atoms with Crippen LogP contribution in [0.2, 0.25) is 0 Å². The standard InChI is InChI=1S/C23H30F2N6O3S/c1-23(2,3)35(32,33)19-14-31-17(15-11-16(24)22(26)28-21(15)25)13-27-20(31)12-18(19)34-10-9-30-7-5-29(4)6-8-30/h11-14H,5-10H2,1-4H3,(H2,26,28). The van der Waals surface area contributed by atoms with E-state index < -0.39 is 32.2 Å². The van der Waals surface area contributed by atoms with Crippen molar-refractivity contribution in [2.45, 2.75) is 30.4 Å². The third kappa shape index (κ3) is 4.95. The predicted octanol–water partition coefficient (Wildman–Crippen LogP) is 2.46. The van der Waals surface area contributed by atoms with Gasteiger partial charge in [0.15, 0.2) is 21.5 Å². The van der Waals surface area contributed by atoms with Crippen LogP contribution in [0.5, 0.6) is 5.75 Å². The largest absolute Gasteiger partial charge is 0.491 e. The monoisotopic (exact) mass is 508 g/mol. The predicted molar refractivity (Wildman–Crippen MR) is 129 cm³/mol. The quantitative estimate of drug-likeness (QED) is 0.506. The normalized spacial score (nSPS) is 16.2. The second kappa shape index (κ2) is 9.32. The Morgan fingerprint density at radius 1 is 1.14 bits per heavy atom. The molecule has 3 aromatic heterocycles. The summed E-state index contributed by atoms with van der Waals surface area (Å²) in [6.45, 7) is 9.46. The second-order valence-corrected chi connectivity index (χ2v) is 12.3. The topological polar surface area (TPSA) is 106 Å². The summed E-state index contributed by atoms with van der Waals surface area (Å²) < 4.78 is 61.8. The third-order valence-corrected chi connectivity index (χ3v) is 8.66. The lowest BCUT2D eigenvalue weighted by Crippen LogP contribution is -2.45. The molecule has 0 radical (unpaired) electrons. The highest BCUT2D eigenvalue weighted by Crippen LogP contribution is 2.35. The Morgan fingerprint density at radius 3 is 2.49 bits per heavy atom. The van der Waals surface area contributed by atoms with Crippen molar-refractivity contribution >= 4 is 21.3 Å². The van der Waals surface area contributed by atoms with E-state index in [1.165, 1.54) is 22.9 Å². The number of hydrogen-bond acceptors (Lipinski definition) is 8. The Balaban J connectivity index is 1.74. The first kappa shape index (κ1) is 25.3. The Kier molecular flexibility index (Phi) is 6.73. The zero-order chi connectivity index (χ0) is 25.5. The number of nitrogens with two attached hydrogens (primary N) is 1. The number of hydrogen-bond donors (Lipinski definition) is 1. The molecular formula is C23H30F2N6O3S. The first-order chi connectivity index (χ1) is 16.4. The fourth-order valence-electron chi connectivity index (χ4n) is 3.85. The van der Waals surface area contributed by atoms with E-state index in [1.54, 1.807) is 20.8 Å². The summed E-state index contributed by atoms with van der Waals surface area (Å²) in [6.07, 6.45) is 2.67. The summed E-state index contributed by atoms with van der Waals surface area (Å²) in [7, 11) is -1.78. The number of halogens is 2. The van der Waals surface area contributed by atoms with Gasteiger partial charge in [0.05, 0.1) is 22.2 Å². The summed E-state index contributed by atoms with van der Waals surface area (Å²) >= 11 is 0. The number of piperazine rings is 1. The first-order valence-corrected chi connectivity index (χ1v) is 12.8. The van der Waals surface area contributed by atoms with Gasteiger partial charge in [0.2, 0.25) is 5.95 Å². The number of ether oxygens (including phenoxy) is 1. The van der Waals surface area contributed by atoms with Gasteiger partial charge in [-0.25, -0.2) is 17.8 Å². The number of likely N-dealkylation sites (N-methyl/N-ethyl adjacent to an activating group) is 1. The Morgan fingerprint density at radius 2 is 1.83 bits per heavy atom. The van der Waals surface area contributed by atoms with Crippen molar-refractivity contribution in [2.24, 2.45) is 0 Å². The Labute approximate surface area is 203 Å². The number of sulfone groups is 1. The summed E-state index contributed by atoms with van der Waals surface area (Å²) in [4.78, 5) is 12.1. The number of anilines is 1. The summed E-state index contributed by atoms with van der Waals surface area (Å²) in [6, 6.07) is 2.42. The van der Waals surface area contributed by atoms with Gasteiger partial charge in [-0.05, 0) is 33.9 Å². The highest BCUT2D eigenvalue weighted by atomic mass is 32.2. The lowest BCUT2D eigenvalue weighted by molar-refractivity contribution is 0.133. The van der Waals surface area contributed by atoms with E-state index in [9.17, 15) is 17.2 Å². The number of aromatic nitrogens is 3. The number of fused-ring (bicyclic) bond motifs is 1. The minimum absolute atomic E-state index is 0.0561. The van der Waals surface area contributed by atoms with Crippen LogP contribution >= 0.6 is 0 Å². The van der Waals surface area contributed by atoms with Gasteiger partial charge in [0.25, 0.3) is 0 Å². The molecule has 190 valence electrons. The molecule has 3 aromatic rings. The van der Waals surface area contributed by atoms with Gasteiger partial charge in [-0.15, -0.1) is 0 Å². The summed E-state index contributed by atoms with van der Waals surface area (Å²) in [5, 5.41) is 0. The van der Waals surface area contributed by atoms with E-state index in [2.05, 4.69) is 26.8 Å². The molecule has 1 fully saturated rings. The maximum Gasteiger partial charge on any atom is 0.224 e. The van der Waals surface area contributed by atoms with E-state index in [4.69, 9.17) is 10.5 Å². The second-order valence-electron chi connectivity index (χ2n) is 9.68. The van der Waals surface area contributed by atoms with Crippen molar-refractivity contribution in [3.63, 3.8) is 0 Å². The lowest BCUT2D eigenvalue weighted by atomic mass is 10.2. The molecule has 0 aliphatic carbocycles. The van der Waals surface area contributed by atoms with Crippen LogP contribution < -0.4 is 10.5 Å². The molecular weight excluding hydrogens is 478 g/mol. The van der Waals surface area contributed by atoms with Crippen LogP contribution in [0.15, 0.2) is 29.4 Å². The molecule has 0 spiro atoms. The van der Waals surface area contributed by atoms with E-state index in [0.29, 0.717) is 18.8 Å². The maximum absolute atomic E-state index is 14.5. The van der Waals surface area contributed by atoms with Gasteiger partial charge < -0.3 is 15.4 Å². The number of imidazole rings is 1. The SMILES string of the molecule is CN1CCN(CCOc2cc3ncc(-c4cc(F)c(N)nc4F)n3cc2S(=O)(=O)C(C)(C)C)CC1. The van der Waals surface area contributed by atoms with Gasteiger partial charge in [-0.1, -0.05) is 0 Å². The van der Waals surface area contributed by atoms with Crippen molar-refractivity contribution in [1.29, 1.82) is 0 Å². The van der Waals surface area contributed by atoms with Crippen molar-refractivity contribution in [1.82, 2.24) is 24.2 Å². The first-order valence-electron chi connectivity index (χ1n) is 11.3. The van der Waals surface area contributed by atoms with Crippen LogP contribution in [-0.2, 0) is 9.84 Å². The molecule has 12 heteroatoms. The summed E-state index contributed by atoms with van der Waals surface area (Å²) in [5.41, 5.74) is 5.63. The highest BCUT2D eigenvalue weighted by Gasteiger charge is 2.34. The lowest BCUT2D eigenvalue weighted by Gasteiger charge is -2.32. The van der Waals surface area contributed by atoms with Crippen molar-refractivity contribution < 1.29 is 21.9 Å². The smallest absolute Gasteiger partial charge is 0.224 e. The highest BCUT2D eigenvalue weighted by molar-refractivity contribution is 7.92. The van der Waals surface area contributed by atoms with Crippen LogP contribution in [0.4, 0.5) is 14.6 Å². The molecule has 0 amide bonds. The zero-order valence-electron chi connectivity index (χ0n) is 20.3. The number of pyridine rings is 2. The molecule has 9 nitrogen and oxygen atoms in total. The van der Waals surface area contributed by atoms with Crippen LogP contribution in [0.25, 0.3) is 16.9 Å². The van der Waals surface area contributed by atoms with Gasteiger partial charge >= 0.3 is 0 Å². The molecule has 0 aromatic carbocycles. The van der Waals surface area contributed by atoms with E-state index in [0.717, 1.165) is 32.2 Å². The Bertz CT molecular complexity index is 1350. The van der Waals surface area contributed by atoms with E-state index in [-0.39, 0.29) is 21.9 Å². The number of nitrogen functional groups attached to an aromatic ring is 1.